The van der Waals surface area contributed by atoms with Crippen LogP contribution in [0.2, 0.25) is 0 Å². The molecule has 0 spiro atoms. The molecule has 0 aromatic heterocycles. The van der Waals surface area contributed by atoms with Crippen LogP contribution in [0.25, 0.3) is 0 Å². The zero-order chi connectivity index (χ0) is 14.5. The maximum Gasteiger partial charge on any atom is 0.407 e. The summed E-state index contributed by atoms with van der Waals surface area (Å²) in [5.74, 6) is -1.20. The lowest BCUT2D eigenvalue weighted by Crippen LogP contribution is -2.34. The molecule has 1 aromatic rings. The van der Waals surface area contributed by atoms with Crippen molar-refractivity contribution in [1.29, 1.82) is 5.26 Å². The molecule has 0 heterocycles. The Kier molecular flexibility index (Phi) is 4.87. The number of alkyl carbamates (subject to hydrolysis) is 1. The smallest absolute Gasteiger partial charge is 0.407 e. The second-order valence-electron chi connectivity index (χ2n) is 5.09. The summed E-state index contributed by atoms with van der Waals surface area (Å²) >= 11 is 0. The molecule has 4 nitrogen and oxygen atoms in total. The van der Waals surface area contributed by atoms with Crippen LogP contribution in [-0.2, 0) is 4.74 Å². The van der Waals surface area contributed by atoms with Crippen molar-refractivity contribution < 1.29 is 13.9 Å². The molecule has 0 saturated carbocycles. The molecule has 1 rings (SSSR count). The summed E-state index contributed by atoms with van der Waals surface area (Å²) in [4.78, 5) is 11.5. The van der Waals surface area contributed by atoms with Gasteiger partial charge in [-0.3, -0.25) is 0 Å². The number of nitrogens with zero attached hydrogens (tertiary/aromatic N) is 1. The van der Waals surface area contributed by atoms with Crippen molar-refractivity contribution in [3.05, 3.63) is 35.6 Å². The van der Waals surface area contributed by atoms with Gasteiger partial charge in [-0.15, -0.1) is 0 Å². The van der Waals surface area contributed by atoms with E-state index in [1.165, 1.54) is 12.1 Å². The van der Waals surface area contributed by atoms with Crippen molar-refractivity contribution in [2.24, 2.45) is 0 Å². The average Bonchev–Trinajstić information content (AvgIpc) is 2.29. The minimum atomic E-state index is -0.742. The highest BCUT2D eigenvalue weighted by molar-refractivity contribution is 5.67. The van der Waals surface area contributed by atoms with Gasteiger partial charge < -0.3 is 10.1 Å². The third-order valence-electron chi connectivity index (χ3n) is 2.29. The summed E-state index contributed by atoms with van der Waals surface area (Å²) in [6.07, 6.45) is -0.621. The summed E-state index contributed by atoms with van der Waals surface area (Å²) < 4.78 is 18.6. The molecule has 0 radical (unpaired) electrons. The van der Waals surface area contributed by atoms with Crippen LogP contribution in [0.3, 0.4) is 0 Å². The van der Waals surface area contributed by atoms with E-state index in [-0.39, 0.29) is 12.1 Å². The van der Waals surface area contributed by atoms with Crippen LogP contribution in [0.4, 0.5) is 9.18 Å². The van der Waals surface area contributed by atoms with E-state index in [1.54, 1.807) is 32.9 Å². The molecule has 1 aromatic carbocycles. The molecule has 1 atom stereocenters. The standard InChI is InChI=1S/C14H17FN2O2/c1-14(2,3)19-13(18)17-9-10(8-16)11-6-4-5-7-12(11)15/h4-7,10H,9H2,1-3H3,(H,17,18). The molecule has 0 aliphatic heterocycles. The number of nitrogens with one attached hydrogen (secondary N) is 1. The van der Waals surface area contributed by atoms with Crippen LogP contribution in [0, 0.1) is 17.1 Å². The fraction of sp³-hybridized carbons (Fsp3) is 0.429. The Morgan fingerprint density at radius 1 is 1.47 bits per heavy atom. The number of halogens is 1. The Labute approximate surface area is 112 Å². The van der Waals surface area contributed by atoms with Gasteiger partial charge in [0.25, 0.3) is 0 Å². The van der Waals surface area contributed by atoms with Crippen LogP contribution < -0.4 is 5.32 Å². The van der Waals surface area contributed by atoms with Gasteiger partial charge >= 0.3 is 6.09 Å². The number of ether oxygens (including phenoxy) is 1. The maximum absolute atomic E-state index is 13.5. The van der Waals surface area contributed by atoms with E-state index < -0.39 is 23.4 Å². The first-order valence-corrected chi connectivity index (χ1v) is 5.94. The molecule has 5 heteroatoms. The Bertz CT molecular complexity index is 489. The summed E-state index contributed by atoms with van der Waals surface area (Å²) in [6.45, 7) is 5.23. The van der Waals surface area contributed by atoms with Gasteiger partial charge in [0.05, 0.1) is 12.0 Å². The van der Waals surface area contributed by atoms with Crippen LogP contribution in [0.5, 0.6) is 0 Å². The van der Waals surface area contributed by atoms with Gasteiger partial charge in [-0.05, 0) is 26.8 Å². The van der Waals surface area contributed by atoms with E-state index in [0.717, 1.165) is 0 Å². The normalized spacial score (nSPS) is 12.4. The number of rotatable bonds is 3. The first kappa shape index (κ1) is 15.0. The van der Waals surface area contributed by atoms with Crippen molar-refractivity contribution >= 4 is 6.09 Å². The number of carbonyl (C=O) groups excluding carboxylic acids is 1. The zero-order valence-corrected chi connectivity index (χ0v) is 11.2. The van der Waals surface area contributed by atoms with Crippen molar-refractivity contribution in [2.75, 3.05) is 6.54 Å². The number of hydrogen-bond donors (Lipinski definition) is 1. The maximum atomic E-state index is 13.5. The SMILES string of the molecule is CC(C)(C)OC(=O)NCC(C#N)c1ccccc1F. The van der Waals surface area contributed by atoms with Crippen molar-refractivity contribution in [1.82, 2.24) is 5.32 Å². The molecule has 1 N–H and O–H groups in total. The second-order valence-corrected chi connectivity index (χ2v) is 5.09. The lowest BCUT2D eigenvalue weighted by molar-refractivity contribution is 0.0526. The van der Waals surface area contributed by atoms with Crippen LogP contribution in [-0.4, -0.2) is 18.2 Å². The number of carbonyl (C=O) groups is 1. The Balaban J connectivity index is 2.63. The lowest BCUT2D eigenvalue weighted by Gasteiger charge is -2.20. The Morgan fingerprint density at radius 2 is 2.11 bits per heavy atom. The van der Waals surface area contributed by atoms with E-state index in [4.69, 9.17) is 10.00 Å². The third-order valence-corrected chi connectivity index (χ3v) is 2.29. The largest absolute Gasteiger partial charge is 0.444 e. The zero-order valence-electron chi connectivity index (χ0n) is 11.2. The van der Waals surface area contributed by atoms with E-state index in [2.05, 4.69) is 5.32 Å². The average molecular weight is 264 g/mol. The van der Waals surface area contributed by atoms with Gasteiger partial charge in [-0.2, -0.15) is 5.26 Å². The van der Waals surface area contributed by atoms with Crippen LogP contribution in [0.1, 0.15) is 32.3 Å². The molecule has 0 aliphatic rings. The predicted octanol–water partition coefficient (Wildman–Crippen LogP) is 2.96. The quantitative estimate of drug-likeness (QED) is 0.913. The van der Waals surface area contributed by atoms with E-state index in [1.807, 2.05) is 6.07 Å². The lowest BCUT2D eigenvalue weighted by atomic mass is 10.0. The minimum absolute atomic E-state index is 0.00630. The van der Waals surface area contributed by atoms with Crippen molar-refractivity contribution in [2.45, 2.75) is 32.3 Å². The first-order valence-electron chi connectivity index (χ1n) is 5.94. The first-order chi connectivity index (χ1) is 8.83. The topological polar surface area (TPSA) is 62.1 Å². The fourth-order valence-corrected chi connectivity index (χ4v) is 1.48. The number of nitriles is 1. The van der Waals surface area contributed by atoms with Gasteiger partial charge in [0, 0.05) is 12.1 Å². The van der Waals surface area contributed by atoms with Gasteiger partial charge in [-0.1, -0.05) is 18.2 Å². The van der Waals surface area contributed by atoms with Gasteiger partial charge in [0.1, 0.15) is 11.4 Å². The summed E-state index contributed by atoms with van der Waals surface area (Å²) in [5.41, 5.74) is -0.342. The molecule has 1 unspecified atom stereocenters. The van der Waals surface area contributed by atoms with E-state index >= 15 is 0 Å². The highest BCUT2D eigenvalue weighted by Crippen LogP contribution is 2.17. The highest BCUT2D eigenvalue weighted by Gasteiger charge is 2.19. The minimum Gasteiger partial charge on any atom is -0.444 e. The predicted molar refractivity (Wildman–Crippen MR) is 69.0 cm³/mol. The second kappa shape index (κ2) is 6.19. The molecule has 102 valence electrons. The molecule has 0 aliphatic carbocycles. The number of amides is 1. The van der Waals surface area contributed by atoms with Crippen molar-refractivity contribution in [3.63, 3.8) is 0 Å². The fourth-order valence-electron chi connectivity index (χ4n) is 1.48. The summed E-state index contributed by atoms with van der Waals surface area (Å²) in [6, 6.07) is 7.98. The molecular formula is C14H17FN2O2. The monoisotopic (exact) mass is 264 g/mol. The molecule has 19 heavy (non-hydrogen) atoms. The summed E-state index contributed by atoms with van der Waals surface area (Å²) in [5, 5.41) is 11.5. The Morgan fingerprint density at radius 3 is 2.63 bits per heavy atom. The van der Waals surface area contributed by atoms with Gasteiger partial charge in [0.15, 0.2) is 0 Å². The van der Waals surface area contributed by atoms with Crippen molar-refractivity contribution in [3.8, 4) is 6.07 Å². The van der Waals surface area contributed by atoms with E-state index in [0.29, 0.717) is 0 Å². The number of hydrogen-bond acceptors (Lipinski definition) is 3. The molecule has 0 bridgehead atoms. The van der Waals surface area contributed by atoms with Gasteiger partial charge in [0.2, 0.25) is 0 Å². The number of benzene rings is 1. The Hall–Kier alpha value is -2.09. The molecule has 0 saturated heterocycles. The van der Waals surface area contributed by atoms with Gasteiger partial charge in [-0.25, -0.2) is 9.18 Å². The van der Waals surface area contributed by atoms with Crippen LogP contribution in [0.15, 0.2) is 24.3 Å². The third kappa shape index (κ3) is 4.96. The highest BCUT2D eigenvalue weighted by atomic mass is 19.1. The molecular weight excluding hydrogens is 247 g/mol. The molecule has 0 fully saturated rings. The van der Waals surface area contributed by atoms with Crippen LogP contribution >= 0.6 is 0 Å². The summed E-state index contributed by atoms with van der Waals surface area (Å²) in [7, 11) is 0. The molecule has 1 amide bonds. The van der Waals surface area contributed by atoms with E-state index in [9.17, 15) is 9.18 Å².